The van der Waals surface area contributed by atoms with Crippen LogP contribution < -0.4 is 10.6 Å². The molecule has 1 aliphatic heterocycles. The quantitative estimate of drug-likeness (QED) is 0.441. The van der Waals surface area contributed by atoms with Crippen molar-refractivity contribution in [1.82, 2.24) is 20.4 Å². The molecule has 0 aliphatic carbocycles. The number of halogens is 1. The molecular weight excluding hydrogens is 405 g/mol. The summed E-state index contributed by atoms with van der Waals surface area (Å²) in [5, 5.41) is 11.1. The topological polar surface area (TPSA) is 63.5 Å². The van der Waals surface area contributed by atoms with Crippen molar-refractivity contribution >= 4 is 5.96 Å². The molecule has 1 aromatic heterocycles. The van der Waals surface area contributed by atoms with Crippen LogP contribution >= 0.6 is 0 Å². The molecule has 32 heavy (non-hydrogen) atoms. The molecule has 1 aliphatic rings. The van der Waals surface area contributed by atoms with Gasteiger partial charge in [-0.15, -0.1) is 0 Å². The Morgan fingerprint density at radius 3 is 2.62 bits per heavy atom. The van der Waals surface area contributed by atoms with Crippen LogP contribution in [0, 0.1) is 5.82 Å². The molecule has 2 heterocycles. The third-order valence-corrected chi connectivity index (χ3v) is 6.12. The average Bonchev–Trinajstić information content (AvgIpc) is 3.37. The first-order valence-corrected chi connectivity index (χ1v) is 11.1. The van der Waals surface area contributed by atoms with E-state index in [4.69, 9.17) is 4.74 Å². The first-order chi connectivity index (χ1) is 15.7. The Morgan fingerprint density at radius 1 is 1.12 bits per heavy atom. The highest BCUT2D eigenvalue weighted by atomic mass is 19.1. The molecule has 4 rings (SSSR count). The summed E-state index contributed by atoms with van der Waals surface area (Å²) in [6.07, 6.45) is 6.28. The number of aliphatic imine (C=N–C) groups is 1. The van der Waals surface area contributed by atoms with Gasteiger partial charge in [0.05, 0.1) is 5.69 Å². The summed E-state index contributed by atoms with van der Waals surface area (Å²) in [4.78, 5) is 4.37. The van der Waals surface area contributed by atoms with Crippen molar-refractivity contribution in [3.8, 4) is 5.69 Å². The van der Waals surface area contributed by atoms with Gasteiger partial charge >= 0.3 is 0 Å². The second kappa shape index (κ2) is 10.4. The van der Waals surface area contributed by atoms with Crippen molar-refractivity contribution in [1.29, 1.82) is 0 Å². The molecule has 0 saturated carbocycles. The molecule has 1 saturated heterocycles. The summed E-state index contributed by atoms with van der Waals surface area (Å²) in [5.74, 6) is 0.551. The molecule has 3 aromatic rings. The minimum Gasteiger partial charge on any atom is -0.381 e. The van der Waals surface area contributed by atoms with Gasteiger partial charge in [-0.05, 0) is 60.7 Å². The van der Waals surface area contributed by atoms with E-state index in [1.165, 1.54) is 11.6 Å². The molecule has 168 valence electrons. The fourth-order valence-corrected chi connectivity index (χ4v) is 4.18. The Kier molecular flexibility index (Phi) is 7.17. The number of aromatic nitrogens is 2. The second-order valence-corrected chi connectivity index (χ2v) is 8.12. The fraction of sp³-hybridized carbons (Fsp3) is 0.360. The molecule has 0 atom stereocenters. The van der Waals surface area contributed by atoms with Crippen LogP contribution in [0.4, 0.5) is 4.39 Å². The zero-order valence-electron chi connectivity index (χ0n) is 18.4. The van der Waals surface area contributed by atoms with E-state index in [-0.39, 0.29) is 11.2 Å². The van der Waals surface area contributed by atoms with E-state index in [2.05, 4.69) is 45.0 Å². The van der Waals surface area contributed by atoms with Gasteiger partial charge in [-0.25, -0.2) is 9.07 Å². The number of nitrogens with zero attached hydrogens (tertiary/aromatic N) is 3. The predicted molar refractivity (Wildman–Crippen MR) is 125 cm³/mol. The van der Waals surface area contributed by atoms with Crippen LogP contribution in [0.2, 0.25) is 0 Å². The van der Waals surface area contributed by atoms with Crippen molar-refractivity contribution in [2.24, 2.45) is 4.99 Å². The highest BCUT2D eigenvalue weighted by Gasteiger charge is 2.34. The van der Waals surface area contributed by atoms with Crippen molar-refractivity contribution < 1.29 is 9.13 Å². The zero-order chi connectivity index (χ0) is 22.2. The molecule has 2 aromatic carbocycles. The van der Waals surface area contributed by atoms with Crippen LogP contribution in [-0.4, -0.2) is 49.1 Å². The second-order valence-electron chi connectivity index (χ2n) is 8.12. The maximum Gasteiger partial charge on any atom is 0.191 e. The van der Waals surface area contributed by atoms with Crippen LogP contribution in [-0.2, 0) is 16.6 Å². The summed E-state index contributed by atoms with van der Waals surface area (Å²) in [6.45, 7) is 2.80. The molecule has 0 bridgehead atoms. The van der Waals surface area contributed by atoms with Crippen LogP contribution in [0.25, 0.3) is 5.69 Å². The predicted octanol–water partition coefficient (Wildman–Crippen LogP) is 3.47. The monoisotopic (exact) mass is 435 g/mol. The molecule has 6 nitrogen and oxygen atoms in total. The van der Waals surface area contributed by atoms with Gasteiger partial charge in [0.2, 0.25) is 0 Å². The zero-order valence-corrected chi connectivity index (χ0v) is 18.4. The smallest absolute Gasteiger partial charge is 0.191 e. The number of benzene rings is 2. The molecule has 7 heteroatoms. The third-order valence-electron chi connectivity index (χ3n) is 6.12. The lowest BCUT2D eigenvalue weighted by Gasteiger charge is -2.38. The molecular formula is C25H30FN5O. The Bertz CT molecular complexity index is 1010. The lowest BCUT2D eigenvalue weighted by Crippen LogP contribution is -2.48. The number of hydrogen-bond donors (Lipinski definition) is 2. The third kappa shape index (κ3) is 5.34. The number of guanidine groups is 1. The van der Waals surface area contributed by atoms with E-state index in [1.807, 2.05) is 23.0 Å². The Morgan fingerprint density at radius 2 is 1.94 bits per heavy atom. The summed E-state index contributed by atoms with van der Waals surface area (Å²) in [7, 11) is 1.77. The van der Waals surface area contributed by atoms with E-state index < -0.39 is 0 Å². The van der Waals surface area contributed by atoms with Crippen molar-refractivity contribution in [2.75, 3.05) is 33.4 Å². The van der Waals surface area contributed by atoms with Gasteiger partial charge in [-0.2, -0.15) is 5.10 Å². The summed E-state index contributed by atoms with van der Waals surface area (Å²) < 4.78 is 21.3. The Hall–Kier alpha value is -3.19. The fourth-order valence-electron chi connectivity index (χ4n) is 4.18. The van der Waals surface area contributed by atoms with Crippen LogP contribution in [0.1, 0.15) is 24.0 Å². The molecule has 1 fully saturated rings. The molecule has 2 N–H and O–H groups in total. The van der Waals surface area contributed by atoms with E-state index in [0.717, 1.165) is 43.0 Å². The largest absolute Gasteiger partial charge is 0.381 e. The first-order valence-electron chi connectivity index (χ1n) is 11.1. The lowest BCUT2D eigenvalue weighted by atomic mass is 9.74. The van der Waals surface area contributed by atoms with E-state index in [0.29, 0.717) is 19.8 Å². The molecule has 0 spiro atoms. The standard InChI is InChI=1S/C25H30FN5O/c1-27-24(28-14-10-20-6-8-23(9-7-20)31-15-3-13-30-31)29-19-25(11-16-32-17-12-25)21-4-2-5-22(26)18-21/h2-9,13,15,18H,10-12,14,16-17,19H2,1H3,(H2,27,28,29). The van der Waals surface area contributed by atoms with Gasteiger partial charge in [-0.1, -0.05) is 24.3 Å². The number of rotatable bonds is 7. The first kappa shape index (κ1) is 22.0. The Labute approximate surface area is 188 Å². The van der Waals surface area contributed by atoms with Gasteiger partial charge in [0.25, 0.3) is 0 Å². The summed E-state index contributed by atoms with van der Waals surface area (Å²) in [6, 6.07) is 17.2. The van der Waals surface area contributed by atoms with Crippen molar-refractivity contribution in [3.05, 3.63) is 83.9 Å². The van der Waals surface area contributed by atoms with E-state index in [9.17, 15) is 4.39 Å². The van der Waals surface area contributed by atoms with Gasteiger partial charge in [-0.3, -0.25) is 4.99 Å². The number of nitrogens with one attached hydrogen (secondary N) is 2. The van der Waals surface area contributed by atoms with Gasteiger partial charge < -0.3 is 15.4 Å². The molecule has 0 unspecified atom stereocenters. The molecule has 0 amide bonds. The minimum atomic E-state index is -0.200. The van der Waals surface area contributed by atoms with Gasteiger partial charge in [0.1, 0.15) is 5.82 Å². The average molecular weight is 436 g/mol. The molecule has 0 radical (unpaired) electrons. The van der Waals surface area contributed by atoms with Crippen LogP contribution in [0.3, 0.4) is 0 Å². The maximum atomic E-state index is 13.9. The van der Waals surface area contributed by atoms with Crippen molar-refractivity contribution in [2.45, 2.75) is 24.7 Å². The highest BCUT2D eigenvalue weighted by Crippen LogP contribution is 2.34. The maximum absolute atomic E-state index is 13.9. The number of ether oxygens (including phenoxy) is 1. The summed E-state index contributed by atoms with van der Waals surface area (Å²) >= 11 is 0. The normalized spacial score (nSPS) is 16.0. The Balaban J connectivity index is 1.32. The van der Waals surface area contributed by atoms with E-state index >= 15 is 0 Å². The minimum absolute atomic E-state index is 0.166. The van der Waals surface area contributed by atoms with Crippen molar-refractivity contribution in [3.63, 3.8) is 0 Å². The SMILES string of the molecule is CN=C(NCCc1ccc(-n2cccn2)cc1)NCC1(c2cccc(F)c2)CCOCC1. The highest BCUT2D eigenvalue weighted by molar-refractivity contribution is 5.79. The van der Waals surface area contributed by atoms with Crippen LogP contribution in [0.5, 0.6) is 0 Å². The summed E-state index contributed by atoms with van der Waals surface area (Å²) in [5.41, 5.74) is 3.13. The number of hydrogen-bond acceptors (Lipinski definition) is 3. The van der Waals surface area contributed by atoms with E-state index in [1.54, 1.807) is 25.4 Å². The van der Waals surface area contributed by atoms with Gasteiger partial charge in [0, 0.05) is 51.2 Å². The van der Waals surface area contributed by atoms with Gasteiger partial charge in [0.15, 0.2) is 5.96 Å². The van der Waals surface area contributed by atoms with Crippen LogP contribution in [0.15, 0.2) is 72.0 Å². The lowest BCUT2D eigenvalue weighted by molar-refractivity contribution is 0.0513.